The lowest BCUT2D eigenvalue weighted by molar-refractivity contribution is -0.137. The molecular weight excluding hydrogens is 347 g/mol. The number of amides is 1. The van der Waals surface area contributed by atoms with Crippen molar-refractivity contribution in [1.82, 2.24) is 0 Å². The highest BCUT2D eigenvalue weighted by atomic mass is 35.5. The fourth-order valence-corrected chi connectivity index (χ4v) is 3.69. The molecule has 2 aromatic rings. The second-order valence-electron chi connectivity index (χ2n) is 5.02. The van der Waals surface area contributed by atoms with Crippen molar-refractivity contribution in [3.05, 3.63) is 64.7 Å². The summed E-state index contributed by atoms with van der Waals surface area (Å²) in [6.07, 6.45) is -4.39. The van der Waals surface area contributed by atoms with Crippen molar-refractivity contribution in [2.75, 3.05) is 10.7 Å². The minimum absolute atomic E-state index is 0.130. The van der Waals surface area contributed by atoms with Crippen LogP contribution in [0.4, 0.5) is 18.9 Å². The number of alkyl halides is 3. The van der Waals surface area contributed by atoms with E-state index < -0.39 is 11.7 Å². The molecule has 1 aliphatic heterocycles. The van der Waals surface area contributed by atoms with Gasteiger partial charge in [-0.3, -0.25) is 9.69 Å². The van der Waals surface area contributed by atoms with E-state index in [1.807, 2.05) is 12.1 Å². The number of carbonyl (C=O) groups is 1. The third-order valence-electron chi connectivity index (χ3n) is 3.50. The molecule has 0 aliphatic carbocycles. The molecule has 0 bridgehead atoms. The van der Waals surface area contributed by atoms with Gasteiger partial charge in [-0.2, -0.15) is 13.2 Å². The van der Waals surface area contributed by atoms with E-state index in [0.717, 1.165) is 17.7 Å². The Morgan fingerprint density at radius 3 is 2.22 bits per heavy atom. The molecule has 0 spiro atoms. The van der Waals surface area contributed by atoms with Gasteiger partial charge in [-0.05, 0) is 42.0 Å². The zero-order chi connectivity index (χ0) is 16.6. The van der Waals surface area contributed by atoms with Crippen LogP contribution >= 0.6 is 23.4 Å². The Balaban J connectivity index is 1.92. The zero-order valence-electron chi connectivity index (χ0n) is 11.7. The first-order valence-electron chi connectivity index (χ1n) is 6.72. The highest BCUT2D eigenvalue weighted by Crippen LogP contribution is 2.42. The summed E-state index contributed by atoms with van der Waals surface area (Å²) in [5.41, 5.74) is 0.599. The number of rotatable bonds is 2. The molecule has 0 aromatic heterocycles. The topological polar surface area (TPSA) is 20.3 Å². The van der Waals surface area contributed by atoms with E-state index in [9.17, 15) is 18.0 Å². The number of thioether (sulfide) groups is 1. The molecule has 1 fully saturated rings. The van der Waals surface area contributed by atoms with Crippen molar-refractivity contribution >= 4 is 35.0 Å². The zero-order valence-corrected chi connectivity index (χ0v) is 13.3. The van der Waals surface area contributed by atoms with Gasteiger partial charge in [0.25, 0.3) is 0 Å². The highest BCUT2D eigenvalue weighted by molar-refractivity contribution is 8.00. The molecule has 2 nitrogen and oxygen atoms in total. The van der Waals surface area contributed by atoms with E-state index in [4.69, 9.17) is 11.6 Å². The Bertz CT molecular complexity index is 716. The number of carbonyl (C=O) groups excluding carboxylic acids is 1. The van der Waals surface area contributed by atoms with E-state index in [2.05, 4.69) is 0 Å². The molecule has 1 saturated heterocycles. The average molecular weight is 358 g/mol. The van der Waals surface area contributed by atoms with Gasteiger partial charge in [-0.1, -0.05) is 23.7 Å². The summed E-state index contributed by atoms with van der Waals surface area (Å²) in [6, 6.07) is 11.7. The first-order chi connectivity index (χ1) is 10.9. The Morgan fingerprint density at radius 2 is 1.65 bits per heavy atom. The lowest BCUT2D eigenvalue weighted by Crippen LogP contribution is -2.27. The van der Waals surface area contributed by atoms with Crippen LogP contribution in [0.5, 0.6) is 0 Å². The van der Waals surface area contributed by atoms with Gasteiger partial charge in [-0.25, -0.2) is 0 Å². The minimum atomic E-state index is -4.39. The number of halogens is 4. The molecule has 3 rings (SSSR count). The molecule has 2 aromatic carbocycles. The fourth-order valence-electron chi connectivity index (χ4n) is 2.39. The highest BCUT2D eigenvalue weighted by Gasteiger charge is 2.35. The Kier molecular flexibility index (Phi) is 4.29. The molecule has 1 unspecified atom stereocenters. The van der Waals surface area contributed by atoms with E-state index in [1.54, 1.807) is 12.1 Å². The van der Waals surface area contributed by atoms with E-state index in [-0.39, 0.29) is 17.0 Å². The van der Waals surface area contributed by atoms with Gasteiger partial charge in [0, 0.05) is 10.7 Å². The predicted molar refractivity (Wildman–Crippen MR) is 85.6 cm³/mol. The van der Waals surface area contributed by atoms with Crippen molar-refractivity contribution in [3.8, 4) is 0 Å². The minimum Gasteiger partial charge on any atom is -0.295 e. The number of nitrogens with zero attached hydrogens (tertiary/aromatic N) is 1. The molecular formula is C16H11ClF3NOS. The lowest BCUT2D eigenvalue weighted by atomic mass is 10.1. The van der Waals surface area contributed by atoms with Crippen LogP contribution in [0.1, 0.15) is 16.5 Å². The van der Waals surface area contributed by atoms with Gasteiger partial charge in [-0.15, -0.1) is 11.8 Å². The maximum absolute atomic E-state index is 12.7. The van der Waals surface area contributed by atoms with Crippen molar-refractivity contribution < 1.29 is 18.0 Å². The SMILES string of the molecule is O=C1CSC(c2ccc(Cl)cc2)N1c1ccc(C(F)(F)F)cc1. The molecule has 1 aliphatic rings. The van der Waals surface area contributed by atoms with Crippen LogP contribution in [-0.4, -0.2) is 11.7 Å². The second kappa shape index (κ2) is 6.09. The molecule has 1 heterocycles. The first-order valence-corrected chi connectivity index (χ1v) is 8.15. The summed E-state index contributed by atoms with van der Waals surface area (Å²) in [7, 11) is 0. The quantitative estimate of drug-likeness (QED) is 0.742. The summed E-state index contributed by atoms with van der Waals surface area (Å²) < 4.78 is 38.0. The summed E-state index contributed by atoms with van der Waals surface area (Å²) in [5, 5.41) is 0.320. The van der Waals surface area contributed by atoms with Gasteiger partial charge < -0.3 is 0 Å². The fraction of sp³-hybridized carbons (Fsp3) is 0.188. The first kappa shape index (κ1) is 16.2. The summed E-state index contributed by atoms with van der Waals surface area (Å²) in [5.74, 6) is 0.156. The Hall–Kier alpha value is -1.66. The van der Waals surface area contributed by atoms with Crippen LogP contribution in [0.2, 0.25) is 5.02 Å². The third-order valence-corrected chi connectivity index (χ3v) is 4.96. The Morgan fingerprint density at radius 1 is 1.04 bits per heavy atom. The monoisotopic (exact) mass is 357 g/mol. The number of hydrogen-bond donors (Lipinski definition) is 0. The molecule has 0 N–H and O–H groups in total. The second-order valence-corrected chi connectivity index (χ2v) is 6.53. The van der Waals surface area contributed by atoms with Crippen molar-refractivity contribution in [2.45, 2.75) is 11.6 Å². The van der Waals surface area contributed by atoms with Crippen molar-refractivity contribution in [3.63, 3.8) is 0 Å². The van der Waals surface area contributed by atoms with Crippen molar-refractivity contribution in [2.24, 2.45) is 0 Å². The maximum Gasteiger partial charge on any atom is 0.416 e. The van der Waals surface area contributed by atoms with Gasteiger partial charge >= 0.3 is 6.18 Å². The van der Waals surface area contributed by atoms with Crippen LogP contribution in [0.3, 0.4) is 0 Å². The van der Waals surface area contributed by atoms with Crippen molar-refractivity contribution in [1.29, 1.82) is 0 Å². The van der Waals surface area contributed by atoms with Crippen LogP contribution in [0.15, 0.2) is 48.5 Å². The lowest BCUT2D eigenvalue weighted by Gasteiger charge is -2.24. The number of hydrogen-bond acceptors (Lipinski definition) is 2. The average Bonchev–Trinajstić information content (AvgIpc) is 2.89. The van der Waals surface area contributed by atoms with Gasteiger partial charge in [0.1, 0.15) is 5.37 Å². The smallest absolute Gasteiger partial charge is 0.295 e. The maximum atomic E-state index is 12.7. The Labute approximate surface area is 140 Å². The molecule has 23 heavy (non-hydrogen) atoms. The van der Waals surface area contributed by atoms with Gasteiger partial charge in [0.15, 0.2) is 0 Å². The number of benzene rings is 2. The summed E-state index contributed by atoms with van der Waals surface area (Å²) >= 11 is 7.30. The van der Waals surface area contributed by atoms with Crippen LogP contribution in [-0.2, 0) is 11.0 Å². The molecule has 0 saturated carbocycles. The van der Waals surface area contributed by atoms with Gasteiger partial charge in [0.05, 0.1) is 11.3 Å². The molecule has 1 atom stereocenters. The van der Waals surface area contributed by atoms with Crippen LogP contribution in [0, 0.1) is 0 Å². The van der Waals surface area contributed by atoms with E-state index in [1.165, 1.54) is 28.8 Å². The molecule has 120 valence electrons. The molecule has 7 heteroatoms. The number of anilines is 1. The van der Waals surface area contributed by atoms with E-state index >= 15 is 0 Å². The van der Waals surface area contributed by atoms with E-state index in [0.29, 0.717) is 10.7 Å². The predicted octanol–water partition coefficient (Wildman–Crippen LogP) is 5.14. The van der Waals surface area contributed by atoms with Crippen LogP contribution in [0.25, 0.3) is 0 Å². The molecule has 0 radical (unpaired) electrons. The normalized spacial score (nSPS) is 18.5. The van der Waals surface area contributed by atoms with Crippen LogP contribution < -0.4 is 4.90 Å². The summed E-state index contributed by atoms with van der Waals surface area (Å²) in [6.45, 7) is 0. The third kappa shape index (κ3) is 3.33. The largest absolute Gasteiger partial charge is 0.416 e. The standard InChI is InChI=1S/C16H11ClF3NOS/c17-12-5-1-10(2-6-12)15-21(14(22)9-23-15)13-7-3-11(4-8-13)16(18,19)20/h1-8,15H,9H2. The summed E-state index contributed by atoms with van der Waals surface area (Å²) in [4.78, 5) is 13.7. The molecule has 1 amide bonds. The van der Waals surface area contributed by atoms with Gasteiger partial charge in [0.2, 0.25) is 5.91 Å².